The predicted molar refractivity (Wildman–Crippen MR) is 165 cm³/mol. The normalized spacial score (nSPS) is 12.2. The van der Waals surface area contributed by atoms with E-state index in [9.17, 15) is 19.2 Å². The van der Waals surface area contributed by atoms with Crippen molar-refractivity contribution >= 4 is 64.2 Å². The zero-order chi connectivity index (χ0) is 29.9. The van der Waals surface area contributed by atoms with Crippen LogP contribution in [0, 0.1) is 0 Å². The van der Waals surface area contributed by atoms with Gasteiger partial charge in [-0.3, -0.25) is 19.4 Å². The van der Waals surface area contributed by atoms with Crippen LogP contribution in [0.15, 0.2) is 36.5 Å². The van der Waals surface area contributed by atoms with Gasteiger partial charge in [0.25, 0.3) is 5.91 Å². The Morgan fingerprint density at radius 3 is 2.14 bits per heavy atom. The number of esters is 1. The van der Waals surface area contributed by atoms with E-state index >= 15 is 0 Å². The number of ether oxygens (including phenoxy) is 1. The molecule has 0 fully saturated rings. The number of hydrogen-bond donors (Lipinski definition) is 3. The van der Waals surface area contributed by atoms with E-state index in [0.717, 1.165) is 36.6 Å². The van der Waals surface area contributed by atoms with Gasteiger partial charge in [0.1, 0.15) is 12.1 Å². The molecule has 10 heteroatoms. The van der Waals surface area contributed by atoms with E-state index in [-0.39, 0.29) is 60.8 Å². The van der Waals surface area contributed by atoms with Crippen LogP contribution in [0.4, 0.5) is 0 Å². The van der Waals surface area contributed by atoms with Crippen molar-refractivity contribution in [2.75, 3.05) is 0 Å². The van der Waals surface area contributed by atoms with Gasteiger partial charge in [0.15, 0.2) is 0 Å². The van der Waals surface area contributed by atoms with Crippen molar-refractivity contribution in [3.8, 4) is 0 Å². The summed E-state index contributed by atoms with van der Waals surface area (Å²) >= 11 is 0. The fourth-order valence-electron chi connectivity index (χ4n) is 4.85. The maximum Gasteiger partial charge on any atom is 0.328 e. The molecule has 2 aromatic rings. The molecule has 1 aromatic heterocycles. The Labute approximate surface area is 272 Å². The fourth-order valence-corrected chi connectivity index (χ4v) is 4.85. The van der Waals surface area contributed by atoms with Crippen LogP contribution < -0.4 is 11.1 Å². The number of pyridine rings is 1. The van der Waals surface area contributed by atoms with E-state index < -0.39 is 35.9 Å². The maximum absolute atomic E-state index is 13.1. The van der Waals surface area contributed by atoms with Gasteiger partial charge in [-0.1, -0.05) is 89.3 Å². The van der Waals surface area contributed by atoms with Gasteiger partial charge in [0.05, 0.1) is 17.5 Å². The van der Waals surface area contributed by atoms with Gasteiger partial charge in [0.2, 0.25) is 5.91 Å². The van der Waals surface area contributed by atoms with Crippen LogP contribution in [0.5, 0.6) is 0 Å². The molecule has 0 spiro atoms. The second-order valence-electron chi connectivity index (χ2n) is 10.8. The first-order valence-corrected chi connectivity index (χ1v) is 15.2. The molecule has 0 aliphatic carbocycles. The largest absolute Gasteiger partial charge is 0.481 e. The minimum atomic E-state index is -1.07. The number of carboxylic acids is 1. The Hall–Kier alpha value is -2.49. The molecule has 0 saturated carbocycles. The molecule has 0 aliphatic rings. The molecule has 0 saturated heterocycles. The Balaban J connectivity index is 0.00000882. The number of amides is 2. The number of hydrogen-bond acceptors (Lipinski definition) is 6. The second kappa shape index (κ2) is 22.1. The zero-order valence-corrected chi connectivity index (χ0v) is 27.4. The maximum atomic E-state index is 13.1. The molecule has 1 radical (unpaired) electrons. The number of para-hydroxylation sites is 1. The standard InChI is InChI=1S/C32H47N3O6.Na/c1-2-3-4-5-6-7-8-9-10-11-12-17-26(22-29(33)36)41-32(40)28(19-15-20-30(37)38)35-31(39)25-21-24-16-13-14-18-27(24)34-23-25;/h13-14,16,18,21,23,26,28H,2-12,15,17,19-20,22H2,1H3,(H2,33,36)(H,35,39)(H,37,38);/t26-,28-;/m0./s1. The minimum absolute atomic E-state index is 0. The summed E-state index contributed by atoms with van der Waals surface area (Å²) in [5, 5.41) is 12.5. The van der Waals surface area contributed by atoms with Gasteiger partial charge < -0.3 is 20.9 Å². The average molecular weight is 593 g/mol. The Morgan fingerprint density at radius 2 is 1.52 bits per heavy atom. The van der Waals surface area contributed by atoms with Crippen molar-refractivity contribution in [2.45, 2.75) is 122 Å². The van der Waals surface area contributed by atoms with Crippen LogP contribution in [-0.4, -0.2) is 75.5 Å². The summed E-state index contributed by atoms with van der Waals surface area (Å²) in [4.78, 5) is 53.1. The van der Waals surface area contributed by atoms with Crippen LogP contribution in [0.3, 0.4) is 0 Å². The summed E-state index contributed by atoms with van der Waals surface area (Å²) in [5.41, 5.74) is 6.42. The number of rotatable bonds is 22. The van der Waals surface area contributed by atoms with Crippen LogP contribution in [-0.2, 0) is 19.1 Å². The third kappa shape index (κ3) is 15.7. The Morgan fingerprint density at radius 1 is 0.905 bits per heavy atom. The Kier molecular flexibility index (Phi) is 19.8. The topological polar surface area (TPSA) is 149 Å². The minimum Gasteiger partial charge on any atom is -0.481 e. The number of carbonyl (C=O) groups excluding carboxylic acids is 3. The van der Waals surface area contributed by atoms with Gasteiger partial charge in [0, 0.05) is 47.6 Å². The van der Waals surface area contributed by atoms with Crippen LogP contribution in [0.1, 0.15) is 120 Å². The van der Waals surface area contributed by atoms with E-state index in [0.29, 0.717) is 6.42 Å². The number of aliphatic carboxylic acids is 1. The van der Waals surface area contributed by atoms with Crippen molar-refractivity contribution < 1.29 is 29.0 Å². The number of nitrogens with two attached hydrogens (primary N) is 1. The van der Waals surface area contributed by atoms with Crippen molar-refractivity contribution in [1.82, 2.24) is 10.3 Å². The van der Waals surface area contributed by atoms with Gasteiger partial charge in [-0.05, 0) is 37.8 Å². The number of carboxylic acid groups (broad SMARTS) is 1. The van der Waals surface area contributed by atoms with Crippen LogP contribution in [0.2, 0.25) is 0 Å². The molecule has 0 unspecified atom stereocenters. The fraction of sp³-hybridized carbons (Fsp3) is 0.594. The molecule has 1 aromatic carbocycles. The number of unbranched alkanes of at least 4 members (excludes halogenated alkanes) is 10. The molecular formula is C32H47N3NaO6. The summed E-state index contributed by atoms with van der Waals surface area (Å²) < 4.78 is 5.66. The summed E-state index contributed by atoms with van der Waals surface area (Å²) in [6, 6.07) is 7.97. The second-order valence-corrected chi connectivity index (χ2v) is 10.8. The quantitative estimate of drug-likeness (QED) is 0.0903. The summed E-state index contributed by atoms with van der Waals surface area (Å²) in [5.74, 6) is -2.78. The molecule has 4 N–H and O–H groups in total. The zero-order valence-electron chi connectivity index (χ0n) is 25.4. The van der Waals surface area contributed by atoms with Crippen molar-refractivity contribution in [1.29, 1.82) is 0 Å². The monoisotopic (exact) mass is 592 g/mol. The summed E-state index contributed by atoms with van der Waals surface area (Å²) in [6.45, 7) is 2.22. The summed E-state index contributed by atoms with van der Waals surface area (Å²) in [6.07, 6.45) is 14.2. The van der Waals surface area contributed by atoms with E-state index in [1.54, 1.807) is 6.07 Å². The van der Waals surface area contributed by atoms with E-state index in [1.165, 1.54) is 51.1 Å². The number of benzene rings is 1. The average Bonchev–Trinajstić information content (AvgIpc) is 2.94. The third-order valence-electron chi connectivity index (χ3n) is 7.17. The first-order chi connectivity index (χ1) is 19.8. The predicted octanol–water partition coefficient (Wildman–Crippen LogP) is 5.70. The number of nitrogens with zero attached hydrogens (tertiary/aromatic N) is 1. The Bertz CT molecular complexity index is 1110. The molecule has 2 atom stereocenters. The SMILES string of the molecule is CCCCCCCCCCCCC[C@@H](CC(N)=O)OC(=O)[C@H](CCCC(=O)O)NC(=O)c1cnc2ccccc2c1.[Na]. The number of nitrogens with one attached hydrogen (secondary N) is 1. The van der Waals surface area contributed by atoms with E-state index in [4.69, 9.17) is 15.6 Å². The summed E-state index contributed by atoms with van der Waals surface area (Å²) in [7, 11) is 0. The van der Waals surface area contributed by atoms with E-state index in [1.807, 2.05) is 24.3 Å². The molecule has 1 heterocycles. The molecule has 2 rings (SSSR count). The van der Waals surface area contributed by atoms with Gasteiger partial charge in [-0.2, -0.15) is 0 Å². The van der Waals surface area contributed by atoms with Crippen LogP contribution in [0.25, 0.3) is 10.9 Å². The smallest absolute Gasteiger partial charge is 0.328 e. The first kappa shape index (κ1) is 37.5. The van der Waals surface area contributed by atoms with Crippen molar-refractivity contribution in [3.05, 3.63) is 42.1 Å². The van der Waals surface area contributed by atoms with Gasteiger partial charge in [-0.15, -0.1) is 0 Å². The number of aromatic nitrogens is 1. The van der Waals surface area contributed by atoms with Gasteiger partial charge >= 0.3 is 11.9 Å². The van der Waals surface area contributed by atoms with Crippen molar-refractivity contribution in [2.24, 2.45) is 5.73 Å². The number of fused-ring (bicyclic) bond motifs is 1. The van der Waals surface area contributed by atoms with Crippen molar-refractivity contribution in [3.63, 3.8) is 0 Å². The van der Waals surface area contributed by atoms with Crippen LogP contribution >= 0.6 is 0 Å². The molecule has 2 amide bonds. The molecule has 227 valence electrons. The third-order valence-corrected chi connectivity index (χ3v) is 7.17. The first-order valence-electron chi connectivity index (χ1n) is 15.2. The molecule has 42 heavy (non-hydrogen) atoms. The molecule has 0 aliphatic heterocycles. The molecule has 9 nitrogen and oxygen atoms in total. The number of carbonyl (C=O) groups is 4. The van der Waals surface area contributed by atoms with E-state index in [2.05, 4.69) is 17.2 Å². The van der Waals surface area contributed by atoms with Gasteiger partial charge in [-0.25, -0.2) is 4.79 Å². The number of primary amides is 1. The molecular weight excluding hydrogens is 545 g/mol. The molecule has 0 bridgehead atoms.